The highest BCUT2D eigenvalue weighted by Crippen LogP contribution is 2.19. The van der Waals surface area contributed by atoms with E-state index in [0.717, 1.165) is 30.0 Å². The van der Waals surface area contributed by atoms with Crippen molar-refractivity contribution in [3.8, 4) is 11.3 Å². The van der Waals surface area contributed by atoms with Gasteiger partial charge in [-0.2, -0.15) is 0 Å². The molecule has 0 amide bonds. The van der Waals surface area contributed by atoms with Crippen molar-refractivity contribution in [1.82, 2.24) is 15.2 Å². The molecule has 1 aliphatic rings. The van der Waals surface area contributed by atoms with Gasteiger partial charge < -0.3 is 4.90 Å². The fourth-order valence-electron chi connectivity index (χ4n) is 2.20. The van der Waals surface area contributed by atoms with Crippen LogP contribution in [-0.2, 0) is 4.79 Å². The second kappa shape index (κ2) is 5.14. The SMILES string of the molecule is O=C1CCCN(c2ccc(-c3ccncc3)nn2)C1. The lowest BCUT2D eigenvalue weighted by Gasteiger charge is -2.26. The van der Waals surface area contributed by atoms with Gasteiger partial charge in [0.2, 0.25) is 0 Å². The molecule has 0 spiro atoms. The third-order valence-corrected chi connectivity index (χ3v) is 3.20. The minimum atomic E-state index is 0.270. The van der Waals surface area contributed by atoms with Crippen LogP contribution in [0.3, 0.4) is 0 Å². The zero-order valence-corrected chi connectivity index (χ0v) is 10.5. The summed E-state index contributed by atoms with van der Waals surface area (Å²) in [5.74, 6) is 1.04. The van der Waals surface area contributed by atoms with Crippen LogP contribution in [0.4, 0.5) is 5.82 Å². The van der Waals surface area contributed by atoms with E-state index in [1.54, 1.807) is 12.4 Å². The van der Waals surface area contributed by atoms with Crippen molar-refractivity contribution in [2.45, 2.75) is 12.8 Å². The molecule has 0 N–H and O–H groups in total. The molecule has 1 aliphatic heterocycles. The van der Waals surface area contributed by atoms with E-state index in [1.807, 2.05) is 29.2 Å². The smallest absolute Gasteiger partial charge is 0.152 e. The normalized spacial score (nSPS) is 15.6. The molecule has 96 valence electrons. The maximum atomic E-state index is 11.4. The Balaban J connectivity index is 1.81. The van der Waals surface area contributed by atoms with Gasteiger partial charge in [-0.05, 0) is 30.7 Å². The number of carbonyl (C=O) groups excluding carboxylic acids is 1. The molecule has 5 heteroatoms. The van der Waals surface area contributed by atoms with Crippen LogP contribution in [0.2, 0.25) is 0 Å². The summed E-state index contributed by atoms with van der Waals surface area (Å²) in [5, 5.41) is 8.43. The van der Waals surface area contributed by atoms with Crippen LogP contribution in [0.1, 0.15) is 12.8 Å². The molecular formula is C14H14N4O. The highest BCUT2D eigenvalue weighted by Gasteiger charge is 2.18. The predicted molar refractivity (Wildman–Crippen MR) is 71.7 cm³/mol. The summed E-state index contributed by atoms with van der Waals surface area (Å²) in [5.41, 5.74) is 1.80. The van der Waals surface area contributed by atoms with Gasteiger partial charge in [0, 0.05) is 30.9 Å². The third kappa shape index (κ3) is 2.59. The number of piperidine rings is 1. The number of nitrogens with zero attached hydrogens (tertiary/aromatic N) is 4. The average Bonchev–Trinajstić information content (AvgIpc) is 2.48. The van der Waals surface area contributed by atoms with E-state index in [2.05, 4.69) is 15.2 Å². The molecule has 2 aromatic heterocycles. The van der Waals surface area contributed by atoms with Crippen molar-refractivity contribution in [1.29, 1.82) is 0 Å². The Bertz CT molecular complexity index is 568. The predicted octanol–water partition coefficient (Wildman–Crippen LogP) is 1.71. The Morgan fingerprint density at radius 3 is 2.58 bits per heavy atom. The zero-order valence-electron chi connectivity index (χ0n) is 10.5. The van der Waals surface area contributed by atoms with E-state index in [1.165, 1.54) is 0 Å². The number of carbonyl (C=O) groups is 1. The number of rotatable bonds is 2. The van der Waals surface area contributed by atoms with Crippen molar-refractivity contribution < 1.29 is 4.79 Å². The molecule has 0 bridgehead atoms. The molecule has 19 heavy (non-hydrogen) atoms. The monoisotopic (exact) mass is 254 g/mol. The quantitative estimate of drug-likeness (QED) is 0.816. The molecule has 0 aromatic carbocycles. The van der Waals surface area contributed by atoms with Gasteiger partial charge in [-0.25, -0.2) is 0 Å². The van der Waals surface area contributed by atoms with Crippen molar-refractivity contribution >= 4 is 11.6 Å². The first-order valence-corrected chi connectivity index (χ1v) is 6.34. The fourth-order valence-corrected chi connectivity index (χ4v) is 2.20. The maximum Gasteiger partial charge on any atom is 0.152 e. The number of Topliss-reactive ketones (excluding diaryl/α,β-unsaturated/α-hetero) is 1. The lowest BCUT2D eigenvalue weighted by molar-refractivity contribution is -0.118. The molecule has 0 saturated carbocycles. The summed E-state index contributed by atoms with van der Waals surface area (Å²) in [6.07, 6.45) is 5.04. The fraction of sp³-hybridized carbons (Fsp3) is 0.286. The Labute approximate surface area is 111 Å². The molecule has 1 fully saturated rings. The highest BCUT2D eigenvalue weighted by molar-refractivity contribution is 5.84. The topological polar surface area (TPSA) is 59.0 Å². The number of pyridine rings is 1. The molecular weight excluding hydrogens is 240 g/mol. The summed E-state index contributed by atoms with van der Waals surface area (Å²) >= 11 is 0. The summed E-state index contributed by atoms with van der Waals surface area (Å²) in [4.78, 5) is 17.4. The first-order valence-electron chi connectivity index (χ1n) is 6.34. The summed E-state index contributed by atoms with van der Waals surface area (Å²) in [6, 6.07) is 7.64. The van der Waals surface area contributed by atoms with Crippen LogP contribution in [-0.4, -0.2) is 34.1 Å². The third-order valence-electron chi connectivity index (χ3n) is 3.20. The number of hydrogen-bond donors (Lipinski definition) is 0. The van der Waals surface area contributed by atoms with E-state index in [4.69, 9.17) is 0 Å². The molecule has 1 saturated heterocycles. The lowest BCUT2D eigenvalue weighted by atomic mass is 10.1. The molecule has 0 atom stereocenters. The van der Waals surface area contributed by atoms with Crippen LogP contribution < -0.4 is 4.90 Å². The van der Waals surface area contributed by atoms with Crippen molar-refractivity contribution in [2.75, 3.05) is 18.0 Å². The van der Waals surface area contributed by atoms with Gasteiger partial charge in [-0.15, -0.1) is 10.2 Å². The molecule has 3 heterocycles. The van der Waals surface area contributed by atoms with Crippen LogP contribution in [0.5, 0.6) is 0 Å². The Morgan fingerprint density at radius 2 is 1.89 bits per heavy atom. The molecule has 0 aliphatic carbocycles. The molecule has 0 radical (unpaired) electrons. The van der Waals surface area contributed by atoms with Gasteiger partial charge in [0.25, 0.3) is 0 Å². The molecule has 5 nitrogen and oxygen atoms in total. The second-order valence-electron chi connectivity index (χ2n) is 4.58. The van der Waals surface area contributed by atoms with E-state index in [0.29, 0.717) is 13.0 Å². The summed E-state index contributed by atoms with van der Waals surface area (Å²) in [7, 11) is 0. The van der Waals surface area contributed by atoms with Crippen molar-refractivity contribution in [3.05, 3.63) is 36.7 Å². The minimum absolute atomic E-state index is 0.270. The van der Waals surface area contributed by atoms with Crippen molar-refractivity contribution in [2.24, 2.45) is 0 Å². The molecule has 0 unspecified atom stereocenters. The van der Waals surface area contributed by atoms with Gasteiger partial charge in [-0.1, -0.05) is 0 Å². The van der Waals surface area contributed by atoms with Crippen LogP contribution in [0.15, 0.2) is 36.7 Å². The van der Waals surface area contributed by atoms with Crippen molar-refractivity contribution in [3.63, 3.8) is 0 Å². The van der Waals surface area contributed by atoms with Gasteiger partial charge in [0.15, 0.2) is 11.6 Å². The maximum absolute atomic E-state index is 11.4. The van der Waals surface area contributed by atoms with E-state index in [-0.39, 0.29) is 5.78 Å². The largest absolute Gasteiger partial charge is 0.348 e. The Kier molecular flexibility index (Phi) is 3.18. The van der Waals surface area contributed by atoms with Crippen LogP contribution in [0.25, 0.3) is 11.3 Å². The molecule has 2 aromatic rings. The number of anilines is 1. The lowest BCUT2D eigenvalue weighted by Crippen LogP contribution is -2.36. The first kappa shape index (κ1) is 11.8. The van der Waals surface area contributed by atoms with Crippen LogP contribution in [0, 0.1) is 0 Å². The van der Waals surface area contributed by atoms with Gasteiger partial charge in [0.05, 0.1) is 12.2 Å². The van der Waals surface area contributed by atoms with Gasteiger partial charge >= 0.3 is 0 Å². The Morgan fingerprint density at radius 1 is 1.05 bits per heavy atom. The first-order chi connectivity index (χ1) is 9.33. The van der Waals surface area contributed by atoms with Gasteiger partial charge in [-0.3, -0.25) is 9.78 Å². The number of hydrogen-bond acceptors (Lipinski definition) is 5. The van der Waals surface area contributed by atoms with Gasteiger partial charge in [0.1, 0.15) is 0 Å². The molecule has 3 rings (SSSR count). The standard InChI is InChI=1S/C14H14N4O/c19-12-2-1-9-18(10-12)14-4-3-13(16-17-14)11-5-7-15-8-6-11/h3-8H,1-2,9-10H2. The number of aromatic nitrogens is 3. The average molecular weight is 254 g/mol. The summed E-state index contributed by atoms with van der Waals surface area (Å²) in [6.45, 7) is 1.32. The van der Waals surface area contributed by atoms with E-state index < -0.39 is 0 Å². The van der Waals surface area contributed by atoms with E-state index >= 15 is 0 Å². The van der Waals surface area contributed by atoms with Crippen LogP contribution >= 0.6 is 0 Å². The number of ketones is 1. The second-order valence-corrected chi connectivity index (χ2v) is 4.58. The van der Waals surface area contributed by atoms with E-state index in [9.17, 15) is 4.79 Å². The Hall–Kier alpha value is -2.30. The highest BCUT2D eigenvalue weighted by atomic mass is 16.1. The zero-order chi connectivity index (χ0) is 13.1. The minimum Gasteiger partial charge on any atom is -0.348 e. The summed E-state index contributed by atoms with van der Waals surface area (Å²) < 4.78 is 0.